The summed E-state index contributed by atoms with van der Waals surface area (Å²) in [7, 11) is -0.244. The Balaban J connectivity index is 0.00000332. The van der Waals surface area contributed by atoms with Crippen LogP contribution < -0.4 is 25.6 Å². The lowest BCUT2D eigenvalue weighted by Crippen LogP contribution is -2.46. The van der Waals surface area contributed by atoms with Gasteiger partial charge in [-0.25, -0.2) is 10.1 Å². The van der Waals surface area contributed by atoms with E-state index in [0.717, 1.165) is 11.1 Å². The number of ether oxygens (including phenoxy) is 2. The summed E-state index contributed by atoms with van der Waals surface area (Å²) in [6, 6.07) is 12.5. The molecule has 0 amide bonds. The SMILES string of the molecule is CC.COC(COP(NC(C)(C)C(=O)OCCc1c(C)cccc1Cl)Oc1ccc(Cl)cc1)CC(C)n1cnc2c(NNSC)nc(N)nc21. The number of imidazole rings is 1. The second kappa shape index (κ2) is 20.2. The second-order valence-corrected chi connectivity index (χ2v) is 14.0. The summed E-state index contributed by atoms with van der Waals surface area (Å²) < 4.78 is 25.8. The van der Waals surface area contributed by atoms with E-state index in [-0.39, 0.29) is 31.3 Å². The van der Waals surface area contributed by atoms with Crippen LogP contribution in [0.1, 0.15) is 58.2 Å². The zero-order chi connectivity index (χ0) is 36.8. The number of nitrogens with zero attached hydrogens (tertiary/aromatic N) is 4. The molecule has 0 bridgehead atoms. The van der Waals surface area contributed by atoms with Gasteiger partial charge in [-0.15, -0.1) is 0 Å². The number of benzene rings is 2. The molecule has 3 unspecified atom stereocenters. The molecule has 0 aliphatic heterocycles. The number of nitrogens with one attached hydrogen (secondary N) is 3. The number of aryl methyl sites for hydroxylation is 1. The normalized spacial score (nSPS) is 13.2. The fraction of sp³-hybridized carbons (Fsp3) is 0.455. The smallest absolute Gasteiger partial charge is 0.326 e. The topological polar surface area (TPSA) is 160 Å². The third kappa shape index (κ3) is 11.8. The number of methoxy groups -OCH3 is 1. The van der Waals surface area contributed by atoms with Crippen molar-refractivity contribution in [2.24, 2.45) is 0 Å². The molecule has 0 saturated heterocycles. The van der Waals surface area contributed by atoms with Crippen molar-refractivity contribution in [1.82, 2.24) is 29.4 Å². The quantitative estimate of drug-likeness (QED) is 0.0338. The zero-order valence-electron chi connectivity index (χ0n) is 29.6. The summed E-state index contributed by atoms with van der Waals surface area (Å²) in [5, 5.41) is 4.42. The molecule has 274 valence electrons. The molecule has 5 N–H and O–H groups in total. The number of rotatable bonds is 18. The van der Waals surface area contributed by atoms with E-state index in [2.05, 4.69) is 30.3 Å². The fourth-order valence-corrected chi connectivity index (χ4v) is 6.64. The Morgan fingerprint density at radius 2 is 1.86 bits per heavy atom. The summed E-state index contributed by atoms with van der Waals surface area (Å²) in [4.78, 5) is 29.4. The third-order valence-electron chi connectivity index (χ3n) is 7.32. The van der Waals surface area contributed by atoms with Crippen molar-refractivity contribution in [3.63, 3.8) is 0 Å². The van der Waals surface area contributed by atoms with Crippen molar-refractivity contribution >= 4 is 72.6 Å². The number of halogens is 2. The van der Waals surface area contributed by atoms with Crippen LogP contribution in [0.4, 0.5) is 11.8 Å². The molecule has 3 atom stereocenters. The first-order valence-corrected chi connectivity index (χ1v) is 19.2. The molecular formula is C33H47Cl2N8O5PS. The van der Waals surface area contributed by atoms with E-state index in [4.69, 9.17) is 47.5 Å². The molecule has 0 aliphatic rings. The van der Waals surface area contributed by atoms with Gasteiger partial charge in [0.15, 0.2) is 17.0 Å². The summed E-state index contributed by atoms with van der Waals surface area (Å²) in [5.41, 5.74) is 11.0. The molecule has 4 aromatic rings. The number of nitrogens with two attached hydrogens (primary N) is 1. The third-order valence-corrected chi connectivity index (χ3v) is 9.74. The van der Waals surface area contributed by atoms with Gasteiger partial charge in [0.2, 0.25) is 5.95 Å². The molecule has 0 fully saturated rings. The Hall–Kier alpha value is -2.94. The number of anilines is 2. The average Bonchev–Trinajstić information content (AvgIpc) is 3.52. The van der Waals surface area contributed by atoms with Crippen LogP contribution in [0.2, 0.25) is 10.0 Å². The van der Waals surface area contributed by atoms with Crippen LogP contribution >= 0.6 is 43.7 Å². The van der Waals surface area contributed by atoms with Crippen LogP contribution in [0.15, 0.2) is 48.8 Å². The molecule has 50 heavy (non-hydrogen) atoms. The number of carbonyl (C=O) groups is 1. The molecule has 13 nitrogen and oxygen atoms in total. The number of nitrogen functional groups attached to an aromatic ring is 1. The van der Waals surface area contributed by atoms with E-state index >= 15 is 0 Å². The van der Waals surface area contributed by atoms with Gasteiger partial charge in [0.1, 0.15) is 11.3 Å². The van der Waals surface area contributed by atoms with Gasteiger partial charge in [0, 0.05) is 29.6 Å². The highest BCUT2D eigenvalue weighted by Gasteiger charge is 2.35. The second-order valence-electron chi connectivity index (χ2n) is 11.4. The Morgan fingerprint density at radius 3 is 2.52 bits per heavy atom. The van der Waals surface area contributed by atoms with Crippen molar-refractivity contribution in [1.29, 1.82) is 0 Å². The maximum Gasteiger partial charge on any atom is 0.326 e. The minimum atomic E-state index is -1.86. The molecular weight excluding hydrogens is 722 g/mol. The van der Waals surface area contributed by atoms with Gasteiger partial charge in [-0.1, -0.05) is 61.1 Å². The summed E-state index contributed by atoms with van der Waals surface area (Å²) in [6.07, 6.45) is 4.24. The summed E-state index contributed by atoms with van der Waals surface area (Å²) in [5.74, 6) is 0.640. The van der Waals surface area contributed by atoms with Crippen LogP contribution in [0.5, 0.6) is 5.75 Å². The predicted molar refractivity (Wildman–Crippen MR) is 205 cm³/mol. The average molecular weight is 770 g/mol. The lowest BCUT2D eigenvalue weighted by atomic mass is 10.1. The molecule has 0 radical (unpaired) electrons. The zero-order valence-corrected chi connectivity index (χ0v) is 32.8. The van der Waals surface area contributed by atoms with Crippen LogP contribution in [-0.2, 0) is 25.2 Å². The van der Waals surface area contributed by atoms with E-state index in [1.807, 2.05) is 56.7 Å². The molecule has 17 heteroatoms. The number of aromatic nitrogens is 4. The van der Waals surface area contributed by atoms with Crippen molar-refractivity contribution in [3.8, 4) is 5.75 Å². The molecule has 0 saturated carbocycles. The first kappa shape index (κ1) is 41.5. The van der Waals surface area contributed by atoms with Gasteiger partial charge in [0.05, 0.1) is 25.6 Å². The van der Waals surface area contributed by atoms with Gasteiger partial charge >= 0.3 is 14.5 Å². The van der Waals surface area contributed by atoms with Gasteiger partial charge in [0.25, 0.3) is 0 Å². The first-order valence-electron chi connectivity index (χ1n) is 16.0. The minimum absolute atomic E-state index is 0.108. The maximum atomic E-state index is 13.2. The Kier molecular flexibility index (Phi) is 16.7. The number of esters is 1. The lowest BCUT2D eigenvalue weighted by Gasteiger charge is -2.30. The molecule has 2 heterocycles. The van der Waals surface area contributed by atoms with Crippen molar-refractivity contribution in [2.45, 2.75) is 72.1 Å². The Labute approximate surface area is 309 Å². The number of fused-ring (bicyclic) bond motifs is 1. The fourth-order valence-electron chi connectivity index (χ4n) is 4.68. The highest BCUT2D eigenvalue weighted by molar-refractivity contribution is 7.96. The van der Waals surface area contributed by atoms with Crippen LogP contribution in [0.3, 0.4) is 0 Å². The van der Waals surface area contributed by atoms with Gasteiger partial charge in [-0.2, -0.15) is 14.8 Å². The van der Waals surface area contributed by atoms with Crippen LogP contribution in [-0.4, -0.2) is 63.7 Å². The number of carbonyl (C=O) groups excluding carboxylic acids is 1. The van der Waals surface area contributed by atoms with Crippen LogP contribution in [0, 0.1) is 6.92 Å². The lowest BCUT2D eigenvalue weighted by molar-refractivity contribution is -0.149. The van der Waals surface area contributed by atoms with Crippen molar-refractivity contribution < 1.29 is 23.3 Å². The number of hydrazine groups is 1. The minimum Gasteiger partial charge on any atom is -0.464 e. The predicted octanol–water partition coefficient (Wildman–Crippen LogP) is 7.69. The highest BCUT2D eigenvalue weighted by Crippen LogP contribution is 2.39. The van der Waals surface area contributed by atoms with E-state index in [9.17, 15) is 4.79 Å². The number of hydrogen-bond donors (Lipinski definition) is 4. The monoisotopic (exact) mass is 768 g/mol. The summed E-state index contributed by atoms with van der Waals surface area (Å²) in [6.45, 7) is 11.7. The standard InChI is InChI=1S/C31H41Cl2N8O5PS.C2H6/c1-19-8-7-9-25(33)24(19)14-15-44-29(42)31(3,4)39-47(46-22-12-10-21(32)11-13-22)45-17-23(43-5)16-20(2)41-18-35-26-27(38-40-48-6)36-30(34)37-28(26)41;1-2/h7-13,18,20,23,39-40H,14-17H2,1-6H3,(H3,34,36,37,38);1-2H3. The van der Waals surface area contributed by atoms with E-state index in [1.54, 1.807) is 51.6 Å². The first-order chi connectivity index (χ1) is 23.9. The Morgan fingerprint density at radius 1 is 1.14 bits per heavy atom. The molecule has 2 aromatic heterocycles. The van der Waals surface area contributed by atoms with E-state index in [1.165, 1.54) is 11.9 Å². The molecule has 4 rings (SSSR count). The van der Waals surface area contributed by atoms with E-state index < -0.39 is 20.0 Å². The maximum absolute atomic E-state index is 13.2. The van der Waals surface area contributed by atoms with E-state index in [0.29, 0.717) is 45.6 Å². The molecule has 0 aliphatic carbocycles. The van der Waals surface area contributed by atoms with Crippen LogP contribution in [0.25, 0.3) is 11.2 Å². The largest absolute Gasteiger partial charge is 0.464 e. The highest BCUT2D eigenvalue weighted by atomic mass is 35.5. The van der Waals surface area contributed by atoms with Crippen molar-refractivity contribution in [2.75, 3.05) is 37.7 Å². The number of hydrogen-bond acceptors (Lipinski definition) is 13. The Bertz CT molecular complexity index is 1650. The summed E-state index contributed by atoms with van der Waals surface area (Å²) >= 11 is 13.8. The van der Waals surface area contributed by atoms with Gasteiger partial charge in [-0.05, 0) is 81.8 Å². The molecule has 2 aromatic carbocycles. The van der Waals surface area contributed by atoms with Crippen molar-refractivity contribution in [3.05, 3.63) is 70.0 Å². The van der Waals surface area contributed by atoms with Gasteiger partial charge in [-0.3, -0.25) is 10.2 Å². The van der Waals surface area contributed by atoms with Gasteiger partial charge < -0.3 is 28.8 Å². The molecule has 0 spiro atoms.